The largest absolute Gasteiger partial charge is 0.493 e. The number of benzene rings is 1. The summed E-state index contributed by atoms with van der Waals surface area (Å²) in [7, 11) is 3.14. The Morgan fingerprint density at radius 3 is 2.56 bits per heavy atom. The van der Waals surface area contributed by atoms with Gasteiger partial charge in [-0.05, 0) is 53.1 Å². The van der Waals surface area contributed by atoms with Gasteiger partial charge < -0.3 is 14.2 Å². The molecule has 3 aromatic rings. The van der Waals surface area contributed by atoms with Gasteiger partial charge in [0.2, 0.25) is 0 Å². The lowest BCUT2D eigenvalue weighted by atomic mass is 10.0. The van der Waals surface area contributed by atoms with Gasteiger partial charge in [-0.25, -0.2) is 9.80 Å². The van der Waals surface area contributed by atoms with E-state index < -0.39 is 5.97 Å². The first-order chi connectivity index (χ1) is 15.5. The first-order valence-corrected chi connectivity index (χ1v) is 11.6. The summed E-state index contributed by atoms with van der Waals surface area (Å²) >= 11 is 2.86. The molecule has 0 bridgehead atoms. The van der Waals surface area contributed by atoms with Crippen LogP contribution in [-0.4, -0.2) is 43.4 Å². The molecular weight excluding hydrogens is 448 g/mol. The van der Waals surface area contributed by atoms with E-state index >= 15 is 0 Å². The number of esters is 1. The number of nitrogens with zero attached hydrogens (tertiary/aromatic N) is 2. The van der Waals surface area contributed by atoms with E-state index in [0.717, 1.165) is 21.7 Å². The molecule has 9 heteroatoms. The Morgan fingerprint density at radius 2 is 1.91 bits per heavy atom. The molecular formula is C23H22N2O5S2. The van der Waals surface area contributed by atoms with Crippen LogP contribution in [0.25, 0.3) is 0 Å². The number of hydrogen-bond donors (Lipinski definition) is 0. The van der Waals surface area contributed by atoms with Crippen molar-refractivity contribution in [2.45, 2.75) is 19.4 Å². The lowest BCUT2D eigenvalue weighted by Crippen LogP contribution is -2.31. The molecule has 0 spiro atoms. The van der Waals surface area contributed by atoms with Gasteiger partial charge in [0.25, 0.3) is 5.91 Å². The van der Waals surface area contributed by atoms with Gasteiger partial charge in [0.15, 0.2) is 18.1 Å². The van der Waals surface area contributed by atoms with Crippen molar-refractivity contribution < 1.29 is 23.8 Å². The SMILES string of the molecule is COc1ccc(C2CC(c3cccs3)=NN2C(=O)COC(=O)c2sccc2C)cc1OC. The minimum absolute atomic E-state index is 0.346. The summed E-state index contributed by atoms with van der Waals surface area (Å²) in [6.45, 7) is 1.45. The zero-order valence-electron chi connectivity index (χ0n) is 17.9. The minimum Gasteiger partial charge on any atom is -0.493 e. The Balaban J connectivity index is 1.57. The van der Waals surface area contributed by atoms with E-state index in [1.165, 1.54) is 16.3 Å². The molecule has 3 heterocycles. The highest BCUT2D eigenvalue weighted by molar-refractivity contribution is 7.12. The van der Waals surface area contributed by atoms with E-state index in [-0.39, 0.29) is 18.6 Å². The molecule has 1 unspecified atom stereocenters. The van der Waals surface area contributed by atoms with E-state index in [1.807, 2.05) is 48.0 Å². The number of aryl methyl sites for hydroxylation is 1. The summed E-state index contributed by atoms with van der Waals surface area (Å²) in [5.74, 6) is 0.280. The lowest BCUT2D eigenvalue weighted by Gasteiger charge is -2.22. The maximum Gasteiger partial charge on any atom is 0.349 e. The van der Waals surface area contributed by atoms with E-state index in [2.05, 4.69) is 5.10 Å². The van der Waals surface area contributed by atoms with Crippen LogP contribution in [0, 0.1) is 6.92 Å². The second kappa shape index (κ2) is 9.54. The Hall–Kier alpha value is -3.17. The summed E-state index contributed by atoms with van der Waals surface area (Å²) in [6, 6.07) is 11.0. The third-order valence-corrected chi connectivity index (χ3v) is 7.05. The smallest absolute Gasteiger partial charge is 0.349 e. The van der Waals surface area contributed by atoms with Crippen molar-refractivity contribution in [3.8, 4) is 11.5 Å². The van der Waals surface area contributed by atoms with Crippen molar-refractivity contribution in [3.63, 3.8) is 0 Å². The van der Waals surface area contributed by atoms with Gasteiger partial charge in [0.1, 0.15) is 4.88 Å². The number of ether oxygens (including phenoxy) is 3. The van der Waals surface area contributed by atoms with E-state index in [1.54, 1.807) is 31.6 Å². The minimum atomic E-state index is -0.504. The summed E-state index contributed by atoms with van der Waals surface area (Å²) < 4.78 is 16.1. The van der Waals surface area contributed by atoms with Crippen LogP contribution in [0.1, 0.15) is 38.1 Å². The summed E-state index contributed by atoms with van der Waals surface area (Å²) in [6.07, 6.45) is 0.541. The van der Waals surface area contributed by atoms with Crippen LogP contribution in [0.15, 0.2) is 52.3 Å². The van der Waals surface area contributed by atoms with Crippen molar-refractivity contribution in [1.29, 1.82) is 0 Å². The van der Waals surface area contributed by atoms with Crippen molar-refractivity contribution in [1.82, 2.24) is 5.01 Å². The van der Waals surface area contributed by atoms with Crippen LogP contribution in [0.5, 0.6) is 11.5 Å². The molecule has 2 aromatic heterocycles. The maximum atomic E-state index is 13.1. The number of rotatable bonds is 7. The molecule has 1 aliphatic heterocycles. The van der Waals surface area contributed by atoms with Crippen LogP contribution >= 0.6 is 22.7 Å². The zero-order valence-corrected chi connectivity index (χ0v) is 19.5. The third kappa shape index (κ3) is 4.39. The number of hydrogen-bond acceptors (Lipinski definition) is 8. The molecule has 0 saturated carbocycles. The second-order valence-electron chi connectivity index (χ2n) is 7.11. The normalized spacial score (nSPS) is 15.4. The number of methoxy groups -OCH3 is 2. The summed E-state index contributed by atoms with van der Waals surface area (Å²) in [5, 5.41) is 9.79. The number of thiophene rings is 2. The average Bonchev–Trinajstić information content (AvgIpc) is 3.57. The van der Waals surface area contributed by atoms with Gasteiger partial charge in [0.05, 0.1) is 30.9 Å². The van der Waals surface area contributed by atoms with Gasteiger partial charge in [-0.1, -0.05) is 12.1 Å². The highest BCUT2D eigenvalue weighted by Gasteiger charge is 2.34. The van der Waals surface area contributed by atoms with Gasteiger partial charge in [-0.2, -0.15) is 5.10 Å². The van der Waals surface area contributed by atoms with E-state index in [4.69, 9.17) is 14.2 Å². The van der Waals surface area contributed by atoms with Crippen molar-refractivity contribution in [3.05, 3.63) is 68.0 Å². The molecule has 1 amide bonds. The first kappa shape index (κ1) is 22.0. The van der Waals surface area contributed by atoms with Gasteiger partial charge >= 0.3 is 5.97 Å². The Labute approximate surface area is 193 Å². The molecule has 7 nitrogen and oxygen atoms in total. The molecule has 1 atom stereocenters. The molecule has 0 radical (unpaired) electrons. The molecule has 0 fully saturated rings. The molecule has 4 rings (SSSR count). The van der Waals surface area contributed by atoms with Crippen molar-refractivity contribution >= 4 is 40.3 Å². The molecule has 0 aliphatic carbocycles. The second-order valence-corrected chi connectivity index (χ2v) is 8.97. The average molecular weight is 471 g/mol. The predicted octanol–water partition coefficient (Wildman–Crippen LogP) is 4.67. The summed E-state index contributed by atoms with van der Waals surface area (Å²) in [5.41, 5.74) is 2.50. The number of amides is 1. The van der Waals surface area contributed by atoms with Crippen LogP contribution in [0.2, 0.25) is 0 Å². The Kier molecular flexibility index (Phi) is 6.57. The zero-order chi connectivity index (χ0) is 22.7. The summed E-state index contributed by atoms with van der Waals surface area (Å²) in [4.78, 5) is 26.9. The molecule has 166 valence electrons. The molecule has 0 N–H and O–H groups in total. The highest BCUT2D eigenvalue weighted by atomic mass is 32.1. The van der Waals surface area contributed by atoms with Crippen LogP contribution in [0.3, 0.4) is 0 Å². The molecule has 32 heavy (non-hydrogen) atoms. The van der Waals surface area contributed by atoms with Crippen LogP contribution in [-0.2, 0) is 9.53 Å². The standard InChI is InChI=1S/C23H22N2O5S2/c1-14-8-10-32-22(14)23(27)30-13-21(26)25-17(12-16(24-25)20-5-4-9-31-20)15-6-7-18(28-2)19(11-15)29-3/h4-11,17H,12-13H2,1-3H3. The number of hydrazone groups is 1. The molecule has 0 saturated heterocycles. The van der Waals surface area contributed by atoms with Crippen molar-refractivity contribution in [2.24, 2.45) is 5.10 Å². The van der Waals surface area contributed by atoms with Crippen LogP contribution in [0.4, 0.5) is 0 Å². The fourth-order valence-corrected chi connectivity index (χ4v) is 5.03. The monoisotopic (exact) mass is 470 g/mol. The van der Waals surface area contributed by atoms with E-state index in [0.29, 0.717) is 22.8 Å². The maximum absolute atomic E-state index is 13.1. The van der Waals surface area contributed by atoms with Gasteiger partial charge in [0, 0.05) is 6.42 Å². The Bertz CT molecular complexity index is 1150. The van der Waals surface area contributed by atoms with Crippen LogP contribution < -0.4 is 9.47 Å². The number of carbonyl (C=O) groups is 2. The van der Waals surface area contributed by atoms with Gasteiger partial charge in [-0.15, -0.1) is 22.7 Å². The Morgan fingerprint density at radius 1 is 1.09 bits per heavy atom. The number of carbonyl (C=O) groups excluding carboxylic acids is 2. The van der Waals surface area contributed by atoms with Crippen molar-refractivity contribution in [2.75, 3.05) is 20.8 Å². The predicted molar refractivity (Wildman–Crippen MR) is 124 cm³/mol. The quantitative estimate of drug-likeness (QED) is 0.469. The van der Waals surface area contributed by atoms with E-state index in [9.17, 15) is 9.59 Å². The highest BCUT2D eigenvalue weighted by Crippen LogP contribution is 2.38. The first-order valence-electron chi connectivity index (χ1n) is 9.88. The fraction of sp³-hybridized carbons (Fsp3) is 0.261. The van der Waals surface area contributed by atoms with Gasteiger partial charge in [-0.3, -0.25) is 4.79 Å². The fourth-order valence-electron chi connectivity index (χ4n) is 3.49. The third-order valence-electron chi connectivity index (χ3n) is 5.14. The molecule has 1 aliphatic rings. The molecule has 1 aromatic carbocycles. The lowest BCUT2D eigenvalue weighted by molar-refractivity contribution is -0.136. The topological polar surface area (TPSA) is 77.4 Å².